The van der Waals surface area contributed by atoms with Gasteiger partial charge in [0.25, 0.3) is 0 Å². The lowest BCUT2D eigenvalue weighted by Gasteiger charge is -2.15. The summed E-state index contributed by atoms with van der Waals surface area (Å²) in [6.45, 7) is 0.359. The molecule has 0 heterocycles. The van der Waals surface area contributed by atoms with Crippen molar-refractivity contribution in [3.05, 3.63) is 0 Å². The molecule has 0 aromatic heterocycles. The standard InChI is InChI=1S/C9H16N2O/c10-8(12)5-11-9(6-1-2-6)7-3-4-7/h6-7,9,11H,1-5H2,(H2,10,12). The summed E-state index contributed by atoms with van der Waals surface area (Å²) in [4.78, 5) is 10.5. The highest BCUT2D eigenvalue weighted by atomic mass is 16.1. The van der Waals surface area contributed by atoms with Crippen LogP contribution < -0.4 is 11.1 Å². The first kappa shape index (κ1) is 8.05. The Balaban J connectivity index is 1.76. The quantitative estimate of drug-likeness (QED) is 0.618. The van der Waals surface area contributed by atoms with Crippen molar-refractivity contribution >= 4 is 5.91 Å². The number of hydrogen-bond donors (Lipinski definition) is 2. The predicted molar refractivity (Wildman–Crippen MR) is 46.4 cm³/mol. The van der Waals surface area contributed by atoms with Gasteiger partial charge in [-0.1, -0.05) is 0 Å². The molecule has 0 spiro atoms. The lowest BCUT2D eigenvalue weighted by molar-refractivity contribution is -0.117. The zero-order valence-corrected chi connectivity index (χ0v) is 7.25. The van der Waals surface area contributed by atoms with Crippen LogP contribution in [0, 0.1) is 11.8 Å². The maximum Gasteiger partial charge on any atom is 0.231 e. The second-order valence-electron chi connectivity index (χ2n) is 4.05. The average molecular weight is 168 g/mol. The molecule has 0 unspecified atom stereocenters. The third-order valence-electron chi connectivity index (χ3n) is 2.77. The highest BCUT2D eigenvalue weighted by Crippen LogP contribution is 2.44. The zero-order chi connectivity index (χ0) is 8.55. The Bertz CT molecular complexity index is 173. The van der Waals surface area contributed by atoms with E-state index in [0.29, 0.717) is 12.6 Å². The topological polar surface area (TPSA) is 55.1 Å². The zero-order valence-electron chi connectivity index (χ0n) is 7.25. The van der Waals surface area contributed by atoms with Crippen LogP contribution in [0.5, 0.6) is 0 Å². The van der Waals surface area contributed by atoms with Gasteiger partial charge in [0.2, 0.25) is 5.91 Å². The highest BCUT2D eigenvalue weighted by Gasteiger charge is 2.41. The molecule has 0 atom stereocenters. The Kier molecular flexibility index (Phi) is 2.05. The van der Waals surface area contributed by atoms with Crippen molar-refractivity contribution in [3.63, 3.8) is 0 Å². The first-order valence-electron chi connectivity index (χ1n) is 4.79. The summed E-state index contributed by atoms with van der Waals surface area (Å²) >= 11 is 0. The van der Waals surface area contributed by atoms with E-state index in [1.807, 2.05) is 0 Å². The fourth-order valence-corrected chi connectivity index (χ4v) is 1.85. The van der Waals surface area contributed by atoms with Gasteiger partial charge in [0.15, 0.2) is 0 Å². The number of amides is 1. The molecule has 2 rings (SSSR count). The number of primary amides is 1. The van der Waals surface area contributed by atoms with Crippen molar-refractivity contribution in [2.24, 2.45) is 17.6 Å². The molecule has 0 radical (unpaired) electrons. The number of carbonyl (C=O) groups excluding carboxylic acids is 1. The predicted octanol–water partition coefficient (Wildman–Crippen LogP) is 0.250. The van der Waals surface area contributed by atoms with Crippen molar-refractivity contribution in [1.82, 2.24) is 5.32 Å². The first-order valence-corrected chi connectivity index (χ1v) is 4.79. The molecule has 0 saturated heterocycles. The first-order chi connectivity index (χ1) is 5.77. The molecule has 2 saturated carbocycles. The lowest BCUT2D eigenvalue weighted by Crippen LogP contribution is -2.39. The van der Waals surface area contributed by atoms with E-state index in [1.165, 1.54) is 25.7 Å². The van der Waals surface area contributed by atoms with Crippen LogP contribution in [-0.4, -0.2) is 18.5 Å². The molecular formula is C9H16N2O. The van der Waals surface area contributed by atoms with Crippen LogP contribution >= 0.6 is 0 Å². The van der Waals surface area contributed by atoms with Crippen LogP contribution in [-0.2, 0) is 4.79 Å². The average Bonchev–Trinajstić information content (AvgIpc) is 2.83. The summed E-state index contributed by atoms with van der Waals surface area (Å²) in [5.41, 5.74) is 5.08. The van der Waals surface area contributed by atoms with Gasteiger partial charge in [-0.25, -0.2) is 0 Å². The number of carbonyl (C=O) groups is 1. The van der Waals surface area contributed by atoms with Crippen molar-refractivity contribution < 1.29 is 4.79 Å². The molecule has 3 N–H and O–H groups in total. The Hall–Kier alpha value is -0.570. The summed E-state index contributed by atoms with van der Waals surface area (Å²) in [5, 5.41) is 3.27. The van der Waals surface area contributed by atoms with Crippen LogP contribution in [0.2, 0.25) is 0 Å². The highest BCUT2D eigenvalue weighted by molar-refractivity contribution is 5.75. The van der Waals surface area contributed by atoms with E-state index >= 15 is 0 Å². The Morgan fingerprint density at radius 3 is 2.17 bits per heavy atom. The molecule has 0 aliphatic heterocycles. The lowest BCUT2D eigenvalue weighted by atomic mass is 10.1. The second kappa shape index (κ2) is 3.05. The Morgan fingerprint density at radius 2 is 1.83 bits per heavy atom. The number of nitrogens with one attached hydrogen (secondary N) is 1. The molecule has 0 bridgehead atoms. The molecule has 1 amide bonds. The van der Waals surface area contributed by atoms with Crippen LogP contribution in [0.4, 0.5) is 0 Å². The minimum Gasteiger partial charge on any atom is -0.369 e. The monoisotopic (exact) mass is 168 g/mol. The van der Waals surface area contributed by atoms with Crippen LogP contribution in [0.1, 0.15) is 25.7 Å². The van der Waals surface area contributed by atoms with E-state index < -0.39 is 0 Å². The molecule has 0 aromatic carbocycles. The van der Waals surface area contributed by atoms with E-state index in [1.54, 1.807) is 0 Å². The van der Waals surface area contributed by atoms with E-state index in [9.17, 15) is 4.79 Å². The summed E-state index contributed by atoms with van der Waals surface area (Å²) in [7, 11) is 0. The molecule has 68 valence electrons. The van der Waals surface area contributed by atoms with E-state index in [-0.39, 0.29) is 5.91 Å². The van der Waals surface area contributed by atoms with Gasteiger partial charge in [0, 0.05) is 6.04 Å². The van der Waals surface area contributed by atoms with Gasteiger partial charge in [0.1, 0.15) is 0 Å². The molecule has 2 aliphatic rings. The minimum atomic E-state index is -0.235. The maximum atomic E-state index is 10.5. The smallest absolute Gasteiger partial charge is 0.231 e. The fourth-order valence-electron chi connectivity index (χ4n) is 1.85. The van der Waals surface area contributed by atoms with Gasteiger partial charge >= 0.3 is 0 Å². The molecule has 2 aliphatic carbocycles. The molecule has 3 nitrogen and oxygen atoms in total. The van der Waals surface area contributed by atoms with Crippen molar-refractivity contribution in [1.29, 1.82) is 0 Å². The maximum absolute atomic E-state index is 10.5. The van der Waals surface area contributed by atoms with Gasteiger partial charge in [-0.2, -0.15) is 0 Å². The minimum absolute atomic E-state index is 0.235. The number of nitrogens with two attached hydrogens (primary N) is 1. The van der Waals surface area contributed by atoms with Gasteiger partial charge in [-0.05, 0) is 37.5 Å². The SMILES string of the molecule is NC(=O)CNC(C1CC1)C1CC1. The normalized spacial score (nSPS) is 23.1. The summed E-state index contributed by atoms with van der Waals surface area (Å²) in [6.07, 6.45) is 5.36. The third kappa shape index (κ3) is 1.97. The summed E-state index contributed by atoms with van der Waals surface area (Å²) in [5.74, 6) is 1.45. The van der Waals surface area contributed by atoms with E-state index in [2.05, 4.69) is 5.32 Å². The fraction of sp³-hybridized carbons (Fsp3) is 0.889. The van der Waals surface area contributed by atoms with Crippen LogP contribution in [0.25, 0.3) is 0 Å². The summed E-state index contributed by atoms with van der Waals surface area (Å²) < 4.78 is 0. The number of hydrogen-bond acceptors (Lipinski definition) is 2. The Morgan fingerprint density at radius 1 is 1.33 bits per heavy atom. The van der Waals surface area contributed by atoms with Gasteiger partial charge in [-0.15, -0.1) is 0 Å². The van der Waals surface area contributed by atoms with Gasteiger partial charge < -0.3 is 11.1 Å². The molecule has 12 heavy (non-hydrogen) atoms. The molecular weight excluding hydrogens is 152 g/mol. The van der Waals surface area contributed by atoms with Gasteiger partial charge in [0.05, 0.1) is 6.54 Å². The Labute approximate surface area is 72.7 Å². The molecule has 3 heteroatoms. The van der Waals surface area contributed by atoms with Crippen LogP contribution in [0.15, 0.2) is 0 Å². The van der Waals surface area contributed by atoms with Crippen LogP contribution in [0.3, 0.4) is 0 Å². The third-order valence-corrected chi connectivity index (χ3v) is 2.77. The number of rotatable bonds is 5. The molecule has 2 fully saturated rings. The largest absolute Gasteiger partial charge is 0.369 e. The van der Waals surface area contributed by atoms with E-state index in [0.717, 1.165) is 11.8 Å². The van der Waals surface area contributed by atoms with Crippen molar-refractivity contribution in [2.75, 3.05) is 6.54 Å². The van der Waals surface area contributed by atoms with Gasteiger partial charge in [-0.3, -0.25) is 4.79 Å². The van der Waals surface area contributed by atoms with Crippen molar-refractivity contribution in [3.8, 4) is 0 Å². The van der Waals surface area contributed by atoms with Crippen molar-refractivity contribution in [2.45, 2.75) is 31.7 Å². The van der Waals surface area contributed by atoms with E-state index in [4.69, 9.17) is 5.73 Å². The second-order valence-corrected chi connectivity index (χ2v) is 4.05. The molecule has 0 aromatic rings. The summed E-state index contributed by atoms with van der Waals surface area (Å²) in [6, 6.07) is 0.595.